The molecule has 0 fully saturated rings. The molecule has 0 aliphatic heterocycles. The predicted octanol–water partition coefficient (Wildman–Crippen LogP) is 4.49. The van der Waals surface area contributed by atoms with Crippen LogP contribution in [0.2, 0.25) is 0 Å². The first kappa shape index (κ1) is 23.3. The van der Waals surface area contributed by atoms with E-state index in [1.165, 1.54) is 0 Å². The van der Waals surface area contributed by atoms with Crippen molar-refractivity contribution in [2.75, 3.05) is 6.61 Å². The lowest BCUT2D eigenvalue weighted by Crippen LogP contribution is -2.37. The molecule has 25 heavy (non-hydrogen) atoms. The summed E-state index contributed by atoms with van der Waals surface area (Å²) in [4.78, 5) is 24.4. The van der Waals surface area contributed by atoms with Gasteiger partial charge in [-0.2, -0.15) is 0 Å². The fourth-order valence-electron chi connectivity index (χ4n) is 2.52. The second-order valence-electron chi connectivity index (χ2n) is 7.76. The zero-order valence-corrected chi connectivity index (χ0v) is 17.1. The molecule has 1 aromatic rings. The molecular weight excluding hydrogens is 314 g/mol. The van der Waals surface area contributed by atoms with Gasteiger partial charge in [0.25, 0.3) is 0 Å². The Morgan fingerprint density at radius 2 is 1.48 bits per heavy atom. The van der Waals surface area contributed by atoms with E-state index >= 15 is 0 Å². The first-order valence-electron chi connectivity index (χ1n) is 9.02. The summed E-state index contributed by atoms with van der Waals surface area (Å²) in [7, 11) is 0. The number of ether oxygens (including phenoxy) is 1. The number of rotatable bonds is 6. The normalized spacial score (nSPS) is 12.4. The average molecular weight is 350 g/mol. The van der Waals surface area contributed by atoms with E-state index < -0.39 is 17.3 Å². The Morgan fingerprint density at radius 3 is 1.80 bits per heavy atom. The molecule has 1 unspecified atom stereocenters. The molecule has 0 amide bonds. The number of hydrogen-bond donors (Lipinski definition) is 1. The lowest BCUT2D eigenvalue weighted by molar-refractivity contribution is -0.149. The molecule has 1 aromatic carbocycles. The van der Waals surface area contributed by atoms with Gasteiger partial charge in [0.05, 0.1) is 6.61 Å². The quantitative estimate of drug-likeness (QED) is 0.467. The number of esters is 1. The van der Waals surface area contributed by atoms with Crippen LogP contribution in [0.25, 0.3) is 0 Å². The summed E-state index contributed by atoms with van der Waals surface area (Å²) in [6.07, 6.45) is 0. The van der Waals surface area contributed by atoms with Crippen molar-refractivity contribution in [3.05, 3.63) is 35.9 Å². The zero-order chi connectivity index (χ0) is 19.6. The Morgan fingerprint density at radius 1 is 1.00 bits per heavy atom. The highest BCUT2D eigenvalue weighted by molar-refractivity contribution is 6.09. The van der Waals surface area contributed by atoms with Crippen LogP contribution in [-0.4, -0.2) is 30.4 Å². The Bertz CT molecular complexity index is 510. The average Bonchev–Trinajstić information content (AvgIpc) is 2.46. The third-order valence-corrected chi connectivity index (χ3v) is 3.38. The molecular formula is C21H35NO3. The van der Waals surface area contributed by atoms with Gasteiger partial charge in [0.15, 0.2) is 5.78 Å². The van der Waals surface area contributed by atoms with Crippen molar-refractivity contribution < 1.29 is 14.3 Å². The van der Waals surface area contributed by atoms with Crippen molar-refractivity contribution in [2.24, 2.45) is 11.3 Å². The minimum absolute atomic E-state index is 0.179. The minimum Gasteiger partial charge on any atom is -0.465 e. The highest BCUT2D eigenvalue weighted by Crippen LogP contribution is 2.30. The van der Waals surface area contributed by atoms with E-state index in [-0.39, 0.29) is 12.4 Å². The van der Waals surface area contributed by atoms with Crippen LogP contribution in [-0.2, 0) is 9.53 Å². The van der Waals surface area contributed by atoms with Crippen LogP contribution in [0, 0.1) is 11.3 Å². The highest BCUT2D eigenvalue weighted by Gasteiger charge is 2.39. The Labute approximate surface area is 153 Å². The van der Waals surface area contributed by atoms with E-state index in [0.29, 0.717) is 17.6 Å². The summed E-state index contributed by atoms with van der Waals surface area (Å²) in [5.74, 6) is -1.39. The third-order valence-electron chi connectivity index (χ3n) is 3.38. The van der Waals surface area contributed by atoms with E-state index in [9.17, 15) is 9.59 Å². The van der Waals surface area contributed by atoms with Crippen LogP contribution >= 0.6 is 0 Å². The topological polar surface area (TPSA) is 55.4 Å². The lowest BCUT2D eigenvalue weighted by atomic mass is 9.76. The van der Waals surface area contributed by atoms with Crippen LogP contribution in [0.3, 0.4) is 0 Å². The molecule has 4 heteroatoms. The van der Waals surface area contributed by atoms with Crippen LogP contribution in [0.5, 0.6) is 0 Å². The molecule has 1 rings (SSSR count). The largest absolute Gasteiger partial charge is 0.465 e. The Balaban J connectivity index is 0.000000697. The van der Waals surface area contributed by atoms with E-state index in [1.54, 1.807) is 31.2 Å². The SMILES string of the molecule is CC(C)NC(C)C.CCOC(=O)C(C(=O)c1ccccc1)C(C)(C)C. The van der Waals surface area contributed by atoms with E-state index in [0.717, 1.165) is 0 Å². The van der Waals surface area contributed by atoms with Gasteiger partial charge < -0.3 is 10.1 Å². The first-order valence-corrected chi connectivity index (χ1v) is 9.02. The molecule has 0 bridgehead atoms. The second-order valence-corrected chi connectivity index (χ2v) is 7.76. The molecule has 4 nitrogen and oxygen atoms in total. The van der Waals surface area contributed by atoms with Crippen molar-refractivity contribution in [3.63, 3.8) is 0 Å². The summed E-state index contributed by atoms with van der Waals surface area (Å²) in [5, 5.41) is 3.31. The summed E-state index contributed by atoms with van der Waals surface area (Å²) in [5.41, 5.74) is 0.0876. The van der Waals surface area contributed by atoms with E-state index in [4.69, 9.17) is 4.74 Å². The minimum atomic E-state index is -0.764. The van der Waals surface area contributed by atoms with Crippen molar-refractivity contribution in [1.82, 2.24) is 5.32 Å². The van der Waals surface area contributed by atoms with Crippen molar-refractivity contribution in [1.29, 1.82) is 0 Å². The predicted molar refractivity (Wildman–Crippen MR) is 104 cm³/mol. The second kappa shape index (κ2) is 11.0. The molecule has 0 aromatic heterocycles. The number of Topliss-reactive ketones (excluding diaryl/α,β-unsaturated/α-hetero) is 1. The summed E-state index contributed by atoms with van der Waals surface area (Å²) in [6, 6.07) is 10.1. The number of hydrogen-bond acceptors (Lipinski definition) is 4. The first-order chi connectivity index (χ1) is 11.5. The smallest absolute Gasteiger partial charge is 0.317 e. The molecule has 0 aliphatic rings. The number of nitrogens with one attached hydrogen (secondary N) is 1. The van der Waals surface area contributed by atoms with Crippen LogP contribution in [0.15, 0.2) is 30.3 Å². The molecule has 0 radical (unpaired) electrons. The third kappa shape index (κ3) is 9.40. The van der Waals surface area contributed by atoms with Gasteiger partial charge in [-0.05, 0) is 12.3 Å². The van der Waals surface area contributed by atoms with E-state index in [1.807, 2.05) is 26.8 Å². The molecule has 0 aliphatic carbocycles. The standard InChI is InChI=1S/C15H20O3.C6H15N/c1-5-18-14(17)12(15(2,3)4)13(16)11-9-7-6-8-10-11;1-5(2)7-6(3)4/h6-10,12H,5H2,1-4H3;5-7H,1-4H3. The summed E-state index contributed by atoms with van der Waals surface area (Å²) >= 11 is 0. The van der Waals surface area contributed by atoms with Gasteiger partial charge in [-0.3, -0.25) is 9.59 Å². The molecule has 142 valence electrons. The molecule has 0 saturated carbocycles. The lowest BCUT2D eigenvalue weighted by Gasteiger charge is -2.27. The van der Waals surface area contributed by atoms with Gasteiger partial charge >= 0.3 is 5.97 Å². The maximum atomic E-state index is 12.4. The summed E-state index contributed by atoms with van der Waals surface area (Å²) < 4.78 is 5.01. The van der Waals surface area contributed by atoms with Gasteiger partial charge in [0.1, 0.15) is 5.92 Å². The molecule has 0 saturated heterocycles. The van der Waals surface area contributed by atoms with Gasteiger partial charge in [0, 0.05) is 17.6 Å². The number of carbonyl (C=O) groups excluding carboxylic acids is 2. The monoisotopic (exact) mass is 349 g/mol. The van der Waals surface area contributed by atoms with Crippen molar-refractivity contribution in [3.8, 4) is 0 Å². The number of ketones is 1. The van der Waals surface area contributed by atoms with Gasteiger partial charge in [0.2, 0.25) is 0 Å². The fourth-order valence-corrected chi connectivity index (χ4v) is 2.52. The Hall–Kier alpha value is -1.68. The fraction of sp³-hybridized carbons (Fsp3) is 0.619. The molecule has 0 spiro atoms. The molecule has 0 heterocycles. The van der Waals surface area contributed by atoms with Crippen LogP contribution < -0.4 is 5.32 Å². The van der Waals surface area contributed by atoms with Gasteiger partial charge in [-0.1, -0.05) is 78.8 Å². The molecule has 1 N–H and O–H groups in total. The zero-order valence-electron chi connectivity index (χ0n) is 17.1. The molecule has 1 atom stereocenters. The van der Waals surface area contributed by atoms with Gasteiger partial charge in [-0.15, -0.1) is 0 Å². The number of carbonyl (C=O) groups is 2. The maximum Gasteiger partial charge on any atom is 0.317 e. The van der Waals surface area contributed by atoms with Crippen LogP contribution in [0.4, 0.5) is 0 Å². The van der Waals surface area contributed by atoms with Gasteiger partial charge in [-0.25, -0.2) is 0 Å². The van der Waals surface area contributed by atoms with Crippen LogP contribution in [0.1, 0.15) is 65.7 Å². The van der Waals surface area contributed by atoms with Crippen molar-refractivity contribution in [2.45, 2.75) is 67.5 Å². The Kier molecular flexibility index (Phi) is 10.3. The van der Waals surface area contributed by atoms with E-state index in [2.05, 4.69) is 33.0 Å². The summed E-state index contributed by atoms with van der Waals surface area (Å²) in [6.45, 7) is 16.2. The highest BCUT2D eigenvalue weighted by atomic mass is 16.5. The number of benzene rings is 1. The maximum absolute atomic E-state index is 12.4. The van der Waals surface area contributed by atoms with Crippen molar-refractivity contribution >= 4 is 11.8 Å².